The van der Waals surface area contributed by atoms with E-state index in [9.17, 15) is 0 Å². The second-order valence-corrected chi connectivity index (χ2v) is 6.60. The summed E-state index contributed by atoms with van der Waals surface area (Å²) in [7, 11) is 0. The van der Waals surface area contributed by atoms with Gasteiger partial charge in [0.05, 0.1) is 11.4 Å². The van der Waals surface area contributed by atoms with Gasteiger partial charge in [-0.25, -0.2) is 9.97 Å². The van der Waals surface area contributed by atoms with Crippen molar-refractivity contribution in [2.24, 2.45) is 0 Å². The Kier molecular flexibility index (Phi) is 3.40. The fraction of sp³-hybridized carbons (Fsp3) is 0.0455. The number of benzene rings is 2. The predicted molar refractivity (Wildman–Crippen MR) is 108 cm³/mol. The molecule has 3 heterocycles. The number of nitrogens with zero attached hydrogens (tertiary/aromatic N) is 4. The maximum Gasteiger partial charge on any atom is 0.165 e. The first kappa shape index (κ1) is 15.5. The van der Waals surface area contributed by atoms with Gasteiger partial charge in [0.25, 0.3) is 0 Å². The van der Waals surface area contributed by atoms with Crippen LogP contribution in [0.5, 0.6) is 0 Å². The fourth-order valence-corrected chi connectivity index (χ4v) is 3.35. The summed E-state index contributed by atoms with van der Waals surface area (Å²) < 4.78 is 1.81. The topological polar surface area (TPSA) is 69.1 Å². The Labute approximate surface area is 156 Å². The largest absolute Gasteiger partial charge is 0.399 e. The molecule has 2 aromatic carbocycles. The molecule has 5 rings (SSSR count). The number of anilines is 1. The molecule has 130 valence electrons. The van der Waals surface area contributed by atoms with Crippen molar-refractivity contribution in [3.8, 4) is 22.4 Å². The minimum atomic E-state index is 0.732. The average Bonchev–Trinajstić information content (AvgIpc) is 3.09. The molecule has 5 nitrogen and oxygen atoms in total. The Morgan fingerprint density at radius 2 is 1.67 bits per heavy atom. The lowest BCUT2D eigenvalue weighted by molar-refractivity contribution is 0.940. The first-order valence-corrected chi connectivity index (χ1v) is 8.76. The van der Waals surface area contributed by atoms with Crippen LogP contribution in [0.4, 0.5) is 5.69 Å². The van der Waals surface area contributed by atoms with Crippen LogP contribution in [0.1, 0.15) is 5.69 Å². The van der Waals surface area contributed by atoms with Gasteiger partial charge in [-0.3, -0.25) is 0 Å². The highest BCUT2D eigenvalue weighted by molar-refractivity contribution is 5.90. The van der Waals surface area contributed by atoms with Crippen molar-refractivity contribution in [1.29, 1.82) is 0 Å². The van der Waals surface area contributed by atoms with Crippen LogP contribution in [-0.2, 0) is 0 Å². The molecule has 0 atom stereocenters. The van der Waals surface area contributed by atoms with E-state index in [4.69, 9.17) is 10.7 Å². The molecule has 0 bridgehead atoms. The lowest BCUT2D eigenvalue weighted by Crippen LogP contribution is -1.99. The van der Waals surface area contributed by atoms with E-state index in [1.54, 1.807) is 4.52 Å². The third-order valence-electron chi connectivity index (χ3n) is 4.65. The van der Waals surface area contributed by atoms with Crippen molar-refractivity contribution in [1.82, 2.24) is 19.6 Å². The molecule has 0 aliphatic heterocycles. The van der Waals surface area contributed by atoms with Gasteiger partial charge in [-0.15, -0.1) is 0 Å². The van der Waals surface area contributed by atoms with Crippen molar-refractivity contribution < 1.29 is 0 Å². The van der Waals surface area contributed by atoms with E-state index >= 15 is 0 Å². The van der Waals surface area contributed by atoms with Gasteiger partial charge in [-0.1, -0.05) is 42.5 Å². The highest BCUT2D eigenvalue weighted by Crippen LogP contribution is 2.33. The Bertz CT molecular complexity index is 1270. The highest BCUT2D eigenvalue weighted by atomic mass is 15.3. The first-order chi connectivity index (χ1) is 13.2. The number of aromatic nitrogens is 4. The number of nitrogens with two attached hydrogens (primary N) is 1. The quantitative estimate of drug-likeness (QED) is 0.475. The Hall–Kier alpha value is -3.73. The summed E-state index contributed by atoms with van der Waals surface area (Å²) in [5.74, 6) is 0. The van der Waals surface area contributed by atoms with Crippen LogP contribution < -0.4 is 5.73 Å². The average molecular weight is 351 g/mol. The van der Waals surface area contributed by atoms with Crippen LogP contribution >= 0.6 is 0 Å². The van der Waals surface area contributed by atoms with Gasteiger partial charge in [0.1, 0.15) is 0 Å². The smallest absolute Gasteiger partial charge is 0.165 e. The van der Waals surface area contributed by atoms with E-state index in [1.807, 2.05) is 61.7 Å². The minimum Gasteiger partial charge on any atom is -0.399 e. The van der Waals surface area contributed by atoms with E-state index in [1.165, 1.54) is 0 Å². The van der Waals surface area contributed by atoms with E-state index in [-0.39, 0.29) is 0 Å². The summed E-state index contributed by atoms with van der Waals surface area (Å²) in [6, 6.07) is 22.1. The number of rotatable bonds is 2. The van der Waals surface area contributed by atoms with Crippen molar-refractivity contribution in [3.63, 3.8) is 0 Å². The Balaban J connectivity index is 1.87. The van der Waals surface area contributed by atoms with Gasteiger partial charge in [-0.05, 0) is 30.7 Å². The van der Waals surface area contributed by atoms with Gasteiger partial charge in [0, 0.05) is 34.5 Å². The van der Waals surface area contributed by atoms with Crippen LogP contribution in [-0.4, -0.2) is 19.6 Å². The lowest BCUT2D eigenvalue weighted by atomic mass is 9.98. The minimum absolute atomic E-state index is 0.732. The van der Waals surface area contributed by atoms with Crippen LogP contribution in [0.25, 0.3) is 39.1 Å². The molecule has 0 spiro atoms. The molecule has 0 aliphatic rings. The van der Waals surface area contributed by atoms with Crippen LogP contribution in [0.3, 0.4) is 0 Å². The maximum absolute atomic E-state index is 5.88. The number of hydrogen-bond donors (Lipinski definition) is 1. The van der Waals surface area contributed by atoms with Gasteiger partial charge < -0.3 is 5.73 Å². The molecule has 0 amide bonds. The van der Waals surface area contributed by atoms with Gasteiger partial charge >= 0.3 is 0 Å². The number of hydrogen-bond acceptors (Lipinski definition) is 4. The highest BCUT2D eigenvalue weighted by Gasteiger charge is 2.14. The van der Waals surface area contributed by atoms with Crippen LogP contribution in [0, 0.1) is 6.92 Å². The van der Waals surface area contributed by atoms with Crippen LogP contribution in [0.2, 0.25) is 0 Å². The maximum atomic E-state index is 5.88. The summed E-state index contributed by atoms with van der Waals surface area (Å²) in [6.07, 6.45) is 1.86. The number of fused-ring (bicyclic) bond motifs is 3. The van der Waals surface area contributed by atoms with E-state index in [0.717, 1.165) is 50.4 Å². The van der Waals surface area contributed by atoms with Crippen molar-refractivity contribution in [2.45, 2.75) is 6.92 Å². The molecule has 0 aliphatic carbocycles. The Morgan fingerprint density at radius 1 is 0.889 bits per heavy atom. The van der Waals surface area contributed by atoms with Crippen LogP contribution in [0.15, 0.2) is 72.9 Å². The number of nitrogen functional groups attached to an aromatic ring is 1. The summed E-state index contributed by atoms with van der Waals surface area (Å²) >= 11 is 0. The van der Waals surface area contributed by atoms with E-state index < -0.39 is 0 Å². The van der Waals surface area contributed by atoms with Crippen molar-refractivity contribution in [3.05, 3.63) is 78.6 Å². The number of aryl methyl sites for hydroxylation is 1. The second kappa shape index (κ2) is 5.92. The molecule has 2 N–H and O–H groups in total. The third-order valence-corrected chi connectivity index (χ3v) is 4.65. The zero-order chi connectivity index (χ0) is 18.4. The second-order valence-electron chi connectivity index (χ2n) is 6.60. The summed E-state index contributed by atoms with van der Waals surface area (Å²) in [6.45, 7) is 1.96. The van der Waals surface area contributed by atoms with Crippen molar-refractivity contribution in [2.75, 3.05) is 5.73 Å². The molecule has 0 unspecified atom stereocenters. The molecule has 3 aromatic heterocycles. The lowest BCUT2D eigenvalue weighted by Gasteiger charge is -2.12. The zero-order valence-electron chi connectivity index (χ0n) is 14.8. The molecular formula is C22H17N5. The van der Waals surface area contributed by atoms with E-state index in [0.29, 0.717) is 0 Å². The molecule has 0 saturated heterocycles. The fourth-order valence-electron chi connectivity index (χ4n) is 3.35. The van der Waals surface area contributed by atoms with Crippen molar-refractivity contribution >= 4 is 22.4 Å². The zero-order valence-corrected chi connectivity index (χ0v) is 14.8. The summed E-state index contributed by atoms with van der Waals surface area (Å²) in [4.78, 5) is 9.54. The standard InChI is InChI=1S/C22H17N5/c1-14-11-20-24-13-17-12-19(15-5-3-2-4-6-15)21(25-22(17)27(20)26-14)16-7-9-18(23)10-8-16/h2-13H,23H2,1H3. The SMILES string of the molecule is Cc1cc2ncc3cc(-c4ccccc4)c(-c4ccc(N)cc4)nc3n2n1. The summed E-state index contributed by atoms with van der Waals surface area (Å²) in [5, 5.41) is 5.51. The van der Waals surface area contributed by atoms with Gasteiger partial charge in [0.2, 0.25) is 0 Å². The molecule has 5 aromatic rings. The molecular weight excluding hydrogens is 334 g/mol. The molecule has 0 radical (unpaired) electrons. The molecule has 5 heteroatoms. The monoisotopic (exact) mass is 351 g/mol. The molecule has 27 heavy (non-hydrogen) atoms. The van der Waals surface area contributed by atoms with Gasteiger partial charge in [0.15, 0.2) is 11.3 Å². The third kappa shape index (κ3) is 2.60. The number of pyridine rings is 1. The molecule has 0 saturated carbocycles. The first-order valence-electron chi connectivity index (χ1n) is 8.76. The normalized spacial score (nSPS) is 11.3. The van der Waals surface area contributed by atoms with Gasteiger partial charge in [-0.2, -0.15) is 9.61 Å². The Morgan fingerprint density at radius 3 is 2.44 bits per heavy atom. The van der Waals surface area contributed by atoms with E-state index in [2.05, 4.69) is 28.3 Å². The summed E-state index contributed by atoms with van der Waals surface area (Å²) in [5.41, 5.74) is 13.2. The predicted octanol–water partition coefficient (Wildman–Crippen LogP) is 4.50. The molecule has 0 fully saturated rings.